The summed E-state index contributed by atoms with van der Waals surface area (Å²) in [4.78, 5) is 14.1. The highest BCUT2D eigenvalue weighted by molar-refractivity contribution is 9.10. The van der Waals surface area contributed by atoms with Crippen molar-refractivity contribution in [1.29, 1.82) is 0 Å². The lowest BCUT2D eigenvalue weighted by Crippen LogP contribution is -2.05. The first-order valence-corrected chi connectivity index (χ1v) is 6.53. The summed E-state index contributed by atoms with van der Waals surface area (Å²) in [5, 5.41) is 13.8. The molecule has 0 amide bonds. The van der Waals surface area contributed by atoms with Crippen molar-refractivity contribution >= 4 is 27.3 Å². The van der Waals surface area contributed by atoms with Gasteiger partial charge in [-0.3, -0.25) is 15.1 Å². The van der Waals surface area contributed by atoms with E-state index in [1.54, 1.807) is 24.5 Å². The fourth-order valence-electron chi connectivity index (χ4n) is 1.64. The quantitative estimate of drug-likeness (QED) is 0.677. The zero-order valence-electron chi connectivity index (χ0n) is 10.0. The summed E-state index contributed by atoms with van der Waals surface area (Å²) >= 11 is 3.41. The lowest BCUT2D eigenvalue weighted by atomic mass is 10.1. The number of nitrogens with one attached hydrogen (secondary N) is 1. The van der Waals surface area contributed by atoms with E-state index in [9.17, 15) is 10.1 Å². The van der Waals surface area contributed by atoms with Crippen LogP contribution in [-0.4, -0.2) is 16.5 Å². The molecule has 2 rings (SSSR count). The number of nitrogens with zero attached hydrogens (tertiary/aromatic N) is 2. The van der Waals surface area contributed by atoms with Gasteiger partial charge in [0.25, 0.3) is 5.69 Å². The summed E-state index contributed by atoms with van der Waals surface area (Å²) in [6.45, 7) is 0.750. The maximum Gasteiger partial charge on any atom is 0.269 e. The zero-order valence-corrected chi connectivity index (χ0v) is 11.6. The largest absolute Gasteiger partial charge is 0.384 e. The van der Waals surface area contributed by atoms with Crippen LogP contribution in [0.3, 0.4) is 0 Å². The Morgan fingerprint density at radius 3 is 2.63 bits per heavy atom. The molecule has 6 heteroatoms. The van der Waals surface area contributed by atoms with Crippen molar-refractivity contribution in [3.63, 3.8) is 0 Å². The number of aromatic nitrogens is 1. The molecule has 1 heterocycles. The number of hydrogen-bond acceptors (Lipinski definition) is 4. The van der Waals surface area contributed by atoms with Gasteiger partial charge in [-0.25, -0.2) is 0 Å². The van der Waals surface area contributed by atoms with Crippen molar-refractivity contribution < 1.29 is 4.92 Å². The van der Waals surface area contributed by atoms with E-state index in [0.717, 1.165) is 28.7 Å². The average molecular weight is 322 g/mol. The molecular weight excluding hydrogens is 310 g/mol. The first-order chi connectivity index (χ1) is 9.16. The number of pyridine rings is 1. The second kappa shape index (κ2) is 6.29. The fraction of sp³-hybridized carbons (Fsp3) is 0.154. The van der Waals surface area contributed by atoms with Gasteiger partial charge in [-0.15, -0.1) is 0 Å². The Labute approximate surface area is 119 Å². The summed E-state index contributed by atoms with van der Waals surface area (Å²) in [6, 6.07) is 8.50. The van der Waals surface area contributed by atoms with E-state index in [0.29, 0.717) is 0 Å². The molecule has 19 heavy (non-hydrogen) atoms. The minimum atomic E-state index is -0.393. The Hall–Kier alpha value is -1.95. The Balaban J connectivity index is 1.89. The average Bonchev–Trinajstić information content (AvgIpc) is 2.41. The Morgan fingerprint density at radius 2 is 2.00 bits per heavy atom. The standard InChI is InChI=1S/C13H12BrN3O2/c14-12-9-15-7-6-13(12)16-8-5-10-1-3-11(4-2-10)17(18)19/h1-4,6-7,9H,5,8H2,(H,15,16). The van der Waals surface area contributed by atoms with Crippen LogP contribution in [0.15, 0.2) is 47.2 Å². The lowest BCUT2D eigenvalue weighted by Gasteiger charge is -2.07. The summed E-state index contributed by atoms with van der Waals surface area (Å²) in [7, 11) is 0. The smallest absolute Gasteiger partial charge is 0.269 e. The van der Waals surface area contributed by atoms with E-state index < -0.39 is 4.92 Å². The van der Waals surface area contributed by atoms with Crippen molar-refractivity contribution in [2.45, 2.75) is 6.42 Å². The van der Waals surface area contributed by atoms with Crippen LogP contribution < -0.4 is 5.32 Å². The molecule has 0 aliphatic carbocycles. The molecule has 0 bridgehead atoms. The summed E-state index contributed by atoms with van der Waals surface area (Å²) in [6.07, 6.45) is 4.25. The fourth-order valence-corrected chi connectivity index (χ4v) is 2.03. The minimum Gasteiger partial charge on any atom is -0.384 e. The number of nitro groups is 1. The number of anilines is 1. The molecule has 98 valence electrons. The normalized spacial score (nSPS) is 10.2. The van der Waals surface area contributed by atoms with E-state index in [4.69, 9.17) is 0 Å². The molecule has 5 nitrogen and oxygen atoms in total. The molecule has 0 unspecified atom stereocenters. The third-order valence-corrected chi connectivity index (χ3v) is 3.28. The van der Waals surface area contributed by atoms with E-state index >= 15 is 0 Å². The summed E-state index contributed by atoms with van der Waals surface area (Å²) in [5.41, 5.74) is 2.16. The third kappa shape index (κ3) is 3.75. The predicted octanol–water partition coefficient (Wildman–Crippen LogP) is 3.41. The second-order valence-corrected chi connectivity index (χ2v) is 4.81. The van der Waals surface area contributed by atoms with Gasteiger partial charge in [0.1, 0.15) is 0 Å². The van der Waals surface area contributed by atoms with Crippen LogP contribution in [0.2, 0.25) is 0 Å². The number of nitro benzene ring substituents is 1. The van der Waals surface area contributed by atoms with Crippen molar-refractivity contribution in [3.8, 4) is 0 Å². The SMILES string of the molecule is O=[N+]([O-])c1ccc(CCNc2ccncc2Br)cc1. The monoisotopic (exact) mass is 321 g/mol. The van der Waals surface area contributed by atoms with Gasteiger partial charge in [0, 0.05) is 31.1 Å². The molecule has 0 fully saturated rings. The van der Waals surface area contributed by atoms with Gasteiger partial charge < -0.3 is 5.32 Å². The number of non-ortho nitro benzene ring substituents is 1. The van der Waals surface area contributed by atoms with Crippen LogP contribution in [0.1, 0.15) is 5.56 Å². The molecule has 0 aliphatic heterocycles. The van der Waals surface area contributed by atoms with Crippen LogP contribution in [0.5, 0.6) is 0 Å². The van der Waals surface area contributed by atoms with Crippen LogP contribution in [-0.2, 0) is 6.42 Å². The maximum absolute atomic E-state index is 10.5. The molecule has 1 aromatic heterocycles. The first-order valence-electron chi connectivity index (χ1n) is 5.73. The highest BCUT2D eigenvalue weighted by Gasteiger charge is 2.04. The van der Waals surface area contributed by atoms with Gasteiger partial charge in [-0.1, -0.05) is 12.1 Å². The number of halogens is 1. The molecule has 1 aromatic carbocycles. The molecule has 0 aliphatic rings. The topological polar surface area (TPSA) is 68.1 Å². The maximum atomic E-state index is 10.5. The number of rotatable bonds is 5. The molecule has 0 spiro atoms. The molecule has 0 saturated carbocycles. The van der Waals surface area contributed by atoms with Crippen molar-refractivity contribution in [2.24, 2.45) is 0 Å². The predicted molar refractivity (Wildman–Crippen MR) is 77.2 cm³/mol. The van der Waals surface area contributed by atoms with Crippen LogP contribution >= 0.6 is 15.9 Å². The third-order valence-electron chi connectivity index (χ3n) is 2.65. The minimum absolute atomic E-state index is 0.119. The van der Waals surface area contributed by atoms with Gasteiger partial charge in [-0.2, -0.15) is 0 Å². The van der Waals surface area contributed by atoms with Gasteiger partial charge in [0.05, 0.1) is 15.1 Å². The Morgan fingerprint density at radius 1 is 1.26 bits per heavy atom. The van der Waals surface area contributed by atoms with Gasteiger partial charge in [-0.05, 0) is 34.0 Å². The second-order valence-electron chi connectivity index (χ2n) is 3.96. The Bertz CT molecular complexity index is 572. The number of benzene rings is 1. The van der Waals surface area contributed by atoms with E-state index in [-0.39, 0.29) is 5.69 Å². The van der Waals surface area contributed by atoms with E-state index in [2.05, 4.69) is 26.2 Å². The number of hydrogen-bond donors (Lipinski definition) is 1. The lowest BCUT2D eigenvalue weighted by molar-refractivity contribution is -0.384. The Kier molecular flexibility index (Phi) is 4.46. The molecule has 0 saturated heterocycles. The van der Waals surface area contributed by atoms with E-state index in [1.165, 1.54) is 12.1 Å². The zero-order chi connectivity index (χ0) is 13.7. The van der Waals surface area contributed by atoms with Gasteiger partial charge >= 0.3 is 0 Å². The molecular formula is C13H12BrN3O2. The van der Waals surface area contributed by atoms with Crippen molar-refractivity contribution in [3.05, 3.63) is 62.9 Å². The van der Waals surface area contributed by atoms with Crippen LogP contribution in [0, 0.1) is 10.1 Å². The molecule has 0 atom stereocenters. The van der Waals surface area contributed by atoms with Crippen molar-refractivity contribution in [1.82, 2.24) is 4.98 Å². The highest BCUT2D eigenvalue weighted by atomic mass is 79.9. The molecule has 2 aromatic rings. The van der Waals surface area contributed by atoms with Crippen molar-refractivity contribution in [2.75, 3.05) is 11.9 Å². The van der Waals surface area contributed by atoms with Gasteiger partial charge in [0.2, 0.25) is 0 Å². The highest BCUT2D eigenvalue weighted by Crippen LogP contribution is 2.20. The van der Waals surface area contributed by atoms with E-state index in [1.807, 2.05) is 6.07 Å². The molecule has 0 radical (unpaired) electrons. The molecule has 1 N–H and O–H groups in total. The van der Waals surface area contributed by atoms with Crippen LogP contribution in [0.25, 0.3) is 0 Å². The summed E-state index contributed by atoms with van der Waals surface area (Å²) in [5.74, 6) is 0. The van der Waals surface area contributed by atoms with Crippen LogP contribution in [0.4, 0.5) is 11.4 Å². The first kappa shape index (κ1) is 13.5. The summed E-state index contributed by atoms with van der Waals surface area (Å²) < 4.78 is 0.915. The van der Waals surface area contributed by atoms with Gasteiger partial charge in [0.15, 0.2) is 0 Å².